The molecule has 1 fully saturated rings. The fraction of sp³-hybridized carbons (Fsp3) is 0.500. The minimum absolute atomic E-state index is 0.119. The molecule has 7 nitrogen and oxygen atoms in total. The molecule has 2 rings (SSSR count). The van der Waals surface area contributed by atoms with Crippen LogP contribution in [0.1, 0.15) is 25.3 Å². The lowest BCUT2D eigenvalue weighted by molar-refractivity contribution is -0.139. The van der Waals surface area contributed by atoms with Crippen molar-refractivity contribution in [2.45, 2.75) is 32.2 Å². The average Bonchev–Trinajstić information content (AvgIpc) is 2.62. The maximum absolute atomic E-state index is 12.0. The van der Waals surface area contributed by atoms with E-state index in [4.69, 9.17) is 16.3 Å². The zero-order valence-electron chi connectivity index (χ0n) is 14.8. The van der Waals surface area contributed by atoms with Gasteiger partial charge in [0.05, 0.1) is 6.61 Å². The number of piperidine rings is 1. The van der Waals surface area contributed by atoms with E-state index in [0.29, 0.717) is 50.5 Å². The third-order valence-electron chi connectivity index (χ3n) is 4.15. The van der Waals surface area contributed by atoms with Crippen LogP contribution in [0.5, 0.6) is 0 Å². The highest BCUT2D eigenvalue weighted by atomic mass is 35.5. The summed E-state index contributed by atoms with van der Waals surface area (Å²) in [5.41, 5.74) is 0.990. The largest absolute Gasteiger partial charge is 0.450 e. The second-order valence-electron chi connectivity index (χ2n) is 6.07. The Kier molecular flexibility index (Phi) is 7.72. The number of benzene rings is 1. The summed E-state index contributed by atoms with van der Waals surface area (Å²) in [5, 5.41) is 5.96. The molecule has 1 aromatic carbocycles. The fourth-order valence-electron chi connectivity index (χ4n) is 2.77. The molecule has 1 aromatic rings. The van der Waals surface area contributed by atoms with Gasteiger partial charge in [0, 0.05) is 30.7 Å². The second kappa shape index (κ2) is 10.0. The topological polar surface area (TPSA) is 87.7 Å². The number of nitrogens with one attached hydrogen (secondary N) is 2. The number of amides is 3. The highest BCUT2D eigenvalue weighted by Gasteiger charge is 2.26. The number of likely N-dealkylation sites (tertiary alicyclic amines) is 1. The summed E-state index contributed by atoms with van der Waals surface area (Å²) in [5.74, 6) is -1.30. The lowest BCUT2D eigenvalue weighted by Crippen LogP contribution is -2.50. The van der Waals surface area contributed by atoms with Gasteiger partial charge < -0.3 is 20.3 Å². The van der Waals surface area contributed by atoms with Crippen molar-refractivity contribution >= 4 is 29.5 Å². The van der Waals surface area contributed by atoms with Crippen molar-refractivity contribution in [2.75, 3.05) is 26.2 Å². The predicted octanol–water partition coefficient (Wildman–Crippen LogP) is 1.74. The number of hydrogen-bond donors (Lipinski definition) is 2. The minimum Gasteiger partial charge on any atom is -0.450 e. The van der Waals surface area contributed by atoms with Gasteiger partial charge in [0.2, 0.25) is 0 Å². The molecule has 1 heterocycles. The van der Waals surface area contributed by atoms with Crippen molar-refractivity contribution in [1.29, 1.82) is 0 Å². The minimum atomic E-state index is -0.653. The Labute approximate surface area is 158 Å². The molecule has 0 spiro atoms. The van der Waals surface area contributed by atoms with Crippen LogP contribution in [0.25, 0.3) is 0 Å². The van der Waals surface area contributed by atoms with Gasteiger partial charge in [-0.25, -0.2) is 4.79 Å². The number of hydrogen-bond acceptors (Lipinski definition) is 4. The van der Waals surface area contributed by atoms with Crippen LogP contribution >= 0.6 is 11.6 Å². The van der Waals surface area contributed by atoms with Crippen molar-refractivity contribution < 1.29 is 19.1 Å². The number of nitrogens with zero attached hydrogens (tertiary/aromatic N) is 1. The van der Waals surface area contributed by atoms with Crippen LogP contribution in [0.2, 0.25) is 5.02 Å². The molecule has 0 unspecified atom stereocenters. The highest BCUT2D eigenvalue weighted by Crippen LogP contribution is 2.12. The molecule has 142 valence electrons. The predicted molar refractivity (Wildman–Crippen MR) is 97.9 cm³/mol. The Bertz CT molecular complexity index is 645. The molecule has 2 N–H and O–H groups in total. The SMILES string of the molecule is CCOC(=O)N1CCC(NC(=O)C(=O)NCCc2cccc(Cl)c2)CC1. The molecule has 3 amide bonds. The Morgan fingerprint density at radius 1 is 1.23 bits per heavy atom. The van der Waals surface area contributed by atoms with Crippen LogP contribution in [0.3, 0.4) is 0 Å². The number of carbonyl (C=O) groups excluding carboxylic acids is 3. The summed E-state index contributed by atoms with van der Waals surface area (Å²) in [6.45, 7) is 3.45. The first-order valence-electron chi connectivity index (χ1n) is 8.74. The summed E-state index contributed by atoms with van der Waals surface area (Å²) in [7, 11) is 0. The molecule has 1 saturated heterocycles. The lowest BCUT2D eigenvalue weighted by Gasteiger charge is -2.31. The maximum atomic E-state index is 12.0. The van der Waals surface area contributed by atoms with E-state index in [0.717, 1.165) is 5.56 Å². The van der Waals surface area contributed by atoms with Crippen LogP contribution in [0.4, 0.5) is 4.79 Å². The summed E-state index contributed by atoms with van der Waals surface area (Å²) < 4.78 is 4.95. The van der Waals surface area contributed by atoms with E-state index in [9.17, 15) is 14.4 Å². The van der Waals surface area contributed by atoms with Crippen LogP contribution in [-0.4, -0.2) is 55.1 Å². The number of halogens is 1. The Morgan fingerprint density at radius 3 is 2.62 bits per heavy atom. The van der Waals surface area contributed by atoms with Gasteiger partial charge in [-0.15, -0.1) is 0 Å². The molecule has 0 aliphatic carbocycles. The molecule has 1 aliphatic heterocycles. The average molecular weight is 382 g/mol. The molecule has 0 saturated carbocycles. The molecular formula is C18H24ClN3O4. The molecular weight excluding hydrogens is 358 g/mol. The fourth-order valence-corrected chi connectivity index (χ4v) is 2.98. The van der Waals surface area contributed by atoms with Gasteiger partial charge in [0.15, 0.2) is 0 Å². The Hall–Kier alpha value is -2.28. The molecule has 26 heavy (non-hydrogen) atoms. The maximum Gasteiger partial charge on any atom is 0.409 e. The summed E-state index contributed by atoms with van der Waals surface area (Å²) in [6.07, 6.45) is 1.45. The van der Waals surface area contributed by atoms with Gasteiger partial charge in [-0.05, 0) is 43.9 Å². The highest BCUT2D eigenvalue weighted by molar-refractivity contribution is 6.35. The second-order valence-corrected chi connectivity index (χ2v) is 6.51. The van der Waals surface area contributed by atoms with E-state index in [1.54, 1.807) is 17.9 Å². The van der Waals surface area contributed by atoms with Gasteiger partial charge in [0.25, 0.3) is 0 Å². The van der Waals surface area contributed by atoms with Crippen LogP contribution in [0.15, 0.2) is 24.3 Å². The molecule has 8 heteroatoms. The third-order valence-corrected chi connectivity index (χ3v) is 4.39. The third kappa shape index (κ3) is 6.22. The monoisotopic (exact) mass is 381 g/mol. The zero-order chi connectivity index (χ0) is 18.9. The Balaban J connectivity index is 1.67. The van der Waals surface area contributed by atoms with Crippen molar-refractivity contribution in [3.63, 3.8) is 0 Å². The van der Waals surface area contributed by atoms with Crippen LogP contribution in [-0.2, 0) is 20.7 Å². The molecule has 1 aliphatic rings. The Morgan fingerprint density at radius 2 is 1.96 bits per heavy atom. The zero-order valence-corrected chi connectivity index (χ0v) is 15.6. The van der Waals surface area contributed by atoms with Gasteiger partial charge in [-0.2, -0.15) is 0 Å². The van der Waals surface area contributed by atoms with Crippen molar-refractivity contribution in [1.82, 2.24) is 15.5 Å². The smallest absolute Gasteiger partial charge is 0.409 e. The standard InChI is InChI=1S/C18H24ClN3O4/c1-2-26-18(25)22-10-7-15(8-11-22)21-17(24)16(23)20-9-6-13-4-3-5-14(19)12-13/h3-5,12,15H,2,6-11H2,1H3,(H,20,23)(H,21,24). The number of rotatable bonds is 5. The molecule has 0 aromatic heterocycles. The van der Waals surface area contributed by atoms with Gasteiger partial charge in [-0.1, -0.05) is 23.7 Å². The van der Waals surface area contributed by atoms with Gasteiger partial charge >= 0.3 is 17.9 Å². The summed E-state index contributed by atoms with van der Waals surface area (Å²) >= 11 is 5.91. The summed E-state index contributed by atoms with van der Waals surface area (Å²) in [6, 6.07) is 7.24. The molecule has 0 bridgehead atoms. The van der Waals surface area contributed by atoms with E-state index < -0.39 is 11.8 Å². The van der Waals surface area contributed by atoms with Gasteiger partial charge in [-0.3, -0.25) is 9.59 Å². The quantitative estimate of drug-likeness (QED) is 0.760. The van der Waals surface area contributed by atoms with Crippen LogP contribution < -0.4 is 10.6 Å². The normalized spacial score (nSPS) is 14.6. The van der Waals surface area contributed by atoms with Crippen LogP contribution in [0, 0.1) is 0 Å². The van der Waals surface area contributed by atoms with E-state index in [1.165, 1.54) is 0 Å². The first kappa shape index (κ1) is 20.0. The van der Waals surface area contributed by atoms with Crippen molar-refractivity contribution in [3.8, 4) is 0 Å². The van der Waals surface area contributed by atoms with Crippen molar-refractivity contribution in [2.24, 2.45) is 0 Å². The summed E-state index contributed by atoms with van der Waals surface area (Å²) in [4.78, 5) is 37.1. The van der Waals surface area contributed by atoms with Crippen molar-refractivity contribution in [3.05, 3.63) is 34.9 Å². The molecule has 0 radical (unpaired) electrons. The number of carbonyl (C=O) groups is 3. The van der Waals surface area contributed by atoms with E-state index >= 15 is 0 Å². The van der Waals surface area contributed by atoms with E-state index in [-0.39, 0.29) is 12.1 Å². The molecule has 0 atom stereocenters. The first-order valence-corrected chi connectivity index (χ1v) is 9.12. The van der Waals surface area contributed by atoms with Gasteiger partial charge in [0.1, 0.15) is 0 Å². The first-order chi connectivity index (χ1) is 12.5. The lowest BCUT2D eigenvalue weighted by atomic mass is 10.1. The number of ether oxygens (including phenoxy) is 1. The van der Waals surface area contributed by atoms with E-state index in [2.05, 4.69) is 10.6 Å². The van der Waals surface area contributed by atoms with E-state index in [1.807, 2.05) is 18.2 Å².